The van der Waals surface area contributed by atoms with Crippen LogP contribution in [0, 0.1) is 18.3 Å². The molecule has 1 saturated heterocycles. The van der Waals surface area contributed by atoms with Crippen molar-refractivity contribution in [2.24, 2.45) is 5.10 Å². The predicted molar refractivity (Wildman–Crippen MR) is 135 cm³/mol. The van der Waals surface area contributed by atoms with Crippen LogP contribution in [0.5, 0.6) is 11.5 Å². The lowest BCUT2D eigenvalue weighted by Crippen LogP contribution is -2.55. The molecule has 35 heavy (non-hydrogen) atoms. The first-order valence-corrected chi connectivity index (χ1v) is 11.8. The quantitative estimate of drug-likeness (QED) is 0.477. The Hall–Kier alpha value is -3.13. The lowest BCUT2D eigenvalue weighted by molar-refractivity contribution is 0.0631. The highest BCUT2D eigenvalue weighted by Crippen LogP contribution is 2.41. The lowest BCUT2D eigenvalue weighted by Gasteiger charge is -2.32. The van der Waals surface area contributed by atoms with E-state index < -0.39 is 12.6 Å². The molecule has 1 aromatic heterocycles. The number of hydrazone groups is 1. The topological polar surface area (TPSA) is 117 Å². The van der Waals surface area contributed by atoms with Gasteiger partial charge in [0.05, 0.1) is 21.2 Å². The minimum Gasteiger partial charge on any atom is -0.454 e. The Labute approximate surface area is 211 Å². The number of hydrogen-bond donors (Lipinski definition) is 3. The maximum Gasteiger partial charge on any atom is 0.206 e. The minimum atomic E-state index is -1.39. The molecule has 9 nitrogen and oxygen atoms in total. The number of pyridine rings is 1. The third kappa shape index (κ3) is 4.59. The van der Waals surface area contributed by atoms with Crippen molar-refractivity contribution >= 4 is 51.3 Å². The summed E-state index contributed by atoms with van der Waals surface area (Å²) in [4.78, 5) is 7.12. The Morgan fingerprint density at radius 1 is 1.11 bits per heavy atom. The van der Waals surface area contributed by atoms with Crippen LogP contribution < -0.4 is 20.0 Å². The molecule has 2 aromatic carbocycles. The Balaban J connectivity index is 1.43. The number of aliphatic hydroxyl groups is 2. The molecule has 0 aliphatic carbocycles. The Morgan fingerprint density at radius 2 is 1.83 bits per heavy atom. The molecule has 0 saturated carbocycles. The van der Waals surface area contributed by atoms with E-state index in [-0.39, 0.29) is 21.5 Å². The van der Waals surface area contributed by atoms with Crippen LogP contribution in [0.3, 0.4) is 0 Å². The zero-order chi connectivity index (χ0) is 24.7. The molecule has 2 aliphatic rings. The largest absolute Gasteiger partial charge is 0.454 e. The van der Waals surface area contributed by atoms with E-state index in [0.29, 0.717) is 11.4 Å². The summed E-state index contributed by atoms with van der Waals surface area (Å²) in [6.45, 7) is 4.10. The molecule has 0 spiro atoms. The van der Waals surface area contributed by atoms with Gasteiger partial charge in [-0.15, -0.1) is 0 Å². The van der Waals surface area contributed by atoms with Crippen LogP contribution in [0.4, 0.5) is 11.5 Å². The van der Waals surface area contributed by atoms with Crippen molar-refractivity contribution in [3.05, 3.63) is 52.0 Å². The van der Waals surface area contributed by atoms with Crippen LogP contribution in [-0.2, 0) is 0 Å². The van der Waals surface area contributed by atoms with Gasteiger partial charge in [-0.3, -0.25) is 0 Å². The van der Waals surface area contributed by atoms with E-state index >= 15 is 0 Å². The molecule has 2 aliphatic heterocycles. The van der Waals surface area contributed by atoms with Crippen molar-refractivity contribution in [3.8, 4) is 17.6 Å². The summed E-state index contributed by atoms with van der Waals surface area (Å²) >= 11 is 12.9. The first-order chi connectivity index (χ1) is 16.8. The van der Waals surface area contributed by atoms with Crippen molar-refractivity contribution in [1.29, 1.82) is 5.26 Å². The monoisotopic (exact) mass is 512 g/mol. The second-order valence-electron chi connectivity index (χ2n) is 8.40. The predicted octanol–water partition coefficient (Wildman–Crippen LogP) is 4.13. The Morgan fingerprint density at radius 3 is 2.51 bits per heavy atom. The number of benzene rings is 2. The number of nitriles is 1. The van der Waals surface area contributed by atoms with Gasteiger partial charge in [-0.25, -0.2) is 15.3 Å². The maximum atomic E-state index is 10.2. The second-order valence-corrected chi connectivity index (χ2v) is 9.21. The molecule has 3 N–H and O–H groups in total. The van der Waals surface area contributed by atoms with Crippen molar-refractivity contribution in [2.75, 3.05) is 23.0 Å². The van der Waals surface area contributed by atoms with Crippen molar-refractivity contribution in [1.82, 2.24) is 10.3 Å². The SMILES string of the molecule is Cc1cc(N2CCCC2)nc2ccc(Oc3c(Cl)cc(N4N=C(C#N)C(O)NC4O)cc3Cl)cc12. The van der Waals surface area contributed by atoms with E-state index in [0.717, 1.165) is 40.4 Å². The number of rotatable bonds is 4. The number of nitrogens with one attached hydrogen (secondary N) is 1. The summed E-state index contributed by atoms with van der Waals surface area (Å²) < 4.78 is 6.03. The highest BCUT2D eigenvalue weighted by molar-refractivity contribution is 6.37. The number of ether oxygens (including phenoxy) is 1. The fourth-order valence-electron chi connectivity index (χ4n) is 4.22. The summed E-state index contributed by atoms with van der Waals surface area (Å²) in [7, 11) is 0. The van der Waals surface area contributed by atoms with Crippen molar-refractivity contribution in [3.63, 3.8) is 0 Å². The average molecular weight is 513 g/mol. The van der Waals surface area contributed by atoms with Gasteiger partial charge in [0.25, 0.3) is 0 Å². The van der Waals surface area contributed by atoms with Gasteiger partial charge in [0, 0.05) is 18.5 Å². The Kier molecular flexibility index (Phi) is 6.40. The number of anilines is 2. The summed E-state index contributed by atoms with van der Waals surface area (Å²) in [5, 5.41) is 37.9. The number of hydrogen-bond acceptors (Lipinski definition) is 9. The molecule has 0 radical (unpaired) electrons. The fraction of sp³-hybridized carbons (Fsp3) is 0.292. The van der Waals surface area contributed by atoms with Gasteiger partial charge >= 0.3 is 0 Å². The van der Waals surface area contributed by atoms with Gasteiger partial charge in [0.1, 0.15) is 17.6 Å². The van der Waals surface area contributed by atoms with E-state index in [9.17, 15) is 10.2 Å². The normalized spacial score (nSPS) is 20.2. The summed E-state index contributed by atoms with van der Waals surface area (Å²) in [6, 6.07) is 12.5. The standard InChI is InChI=1S/C24H22Cl2N6O3/c1-13-8-21(31-6-2-3-7-31)28-19-5-4-15(11-16(13)19)35-22-17(25)9-14(10-18(22)26)32-24(34)29-23(33)20(12-27)30-32/h4-5,8-11,23-24,29,33-34H,2-3,6-7H2,1H3. The molecule has 3 aromatic rings. The maximum absolute atomic E-state index is 10.2. The summed E-state index contributed by atoms with van der Waals surface area (Å²) in [5.41, 5.74) is 2.07. The highest BCUT2D eigenvalue weighted by Gasteiger charge is 2.29. The zero-order valence-corrected chi connectivity index (χ0v) is 20.3. The number of fused-ring (bicyclic) bond motifs is 1. The molecule has 2 atom stereocenters. The molecule has 2 unspecified atom stereocenters. The zero-order valence-electron chi connectivity index (χ0n) is 18.7. The summed E-state index contributed by atoms with van der Waals surface area (Å²) in [5.74, 6) is 1.77. The number of aromatic nitrogens is 1. The molecule has 11 heteroatoms. The van der Waals surface area contributed by atoms with Crippen LogP contribution in [-0.4, -0.2) is 46.6 Å². The van der Waals surface area contributed by atoms with E-state index in [4.69, 9.17) is 38.2 Å². The third-order valence-electron chi connectivity index (χ3n) is 6.00. The van der Waals surface area contributed by atoms with Gasteiger partial charge in [0.2, 0.25) is 6.35 Å². The number of aliphatic hydroxyl groups excluding tert-OH is 2. The third-order valence-corrected chi connectivity index (χ3v) is 6.56. The van der Waals surface area contributed by atoms with Crippen LogP contribution in [0.2, 0.25) is 10.0 Å². The highest BCUT2D eigenvalue weighted by atomic mass is 35.5. The second kappa shape index (κ2) is 9.49. The molecule has 0 amide bonds. The van der Waals surface area contributed by atoms with Gasteiger partial charge in [-0.05, 0) is 61.7 Å². The van der Waals surface area contributed by atoms with Crippen molar-refractivity contribution in [2.45, 2.75) is 32.3 Å². The smallest absolute Gasteiger partial charge is 0.206 e. The van der Waals surface area contributed by atoms with Crippen molar-refractivity contribution < 1.29 is 14.9 Å². The van der Waals surface area contributed by atoms with Gasteiger partial charge in [-0.1, -0.05) is 23.2 Å². The van der Waals surface area contributed by atoms with Crippen LogP contribution in [0.25, 0.3) is 10.9 Å². The number of aryl methyl sites for hydroxylation is 1. The Bertz CT molecular complexity index is 1350. The molecule has 180 valence electrons. The van der Waals surface area contributed by atoms with Gasteiger partial charge in [-0.2, -0.15) is 10.4 Å². The molecule has 0 bridgehead atoms. The van der Waals surface area contributed by atoms with Crippen LogP contribution >= 0.6 is 23.2 Å². The summed E-state index contributed by atoms with van der Waals surface area (Å²) in [6.07, 6.45) is -0.390. The molecule has 1 fully saturated rings. The molecular weight excluding hydrogens is 491 g/mol. The van der Waals surface area contributed by atoms with Gasteiger partial charge in [0.15, 0.2) is 17.7 Å². The van der Waals surface area contributed by atoms with E-state index in [1.165, 1.54) is 25.0 Å². The number of nitrogens with zero attached hydrogens (tertiary/aromatic N) is 5. The van der Waals surface area contributed by atoms with Gasteiger partial charge < -0.3 is 19.8 Å². The average Bonchev–Trinajstić information content (AvgIpc) is 3.37. The minimum absolute atomic E-state index is 0.179. The van der Waals surface area contributed by atoms with Crippen LogP contribution in [0.1, 0.15) is 18.4 Å². The molecule has 5 rings (SSSR count). The number of halogens is 2. The molecular formula is C24H22Cl2N6O3. The first kappa shape index (κ1) is 23.6. The molecule has 3 heterocycles. The van der Waals surface area contributed by atoms with E-state index in [1.54, 1.807) is 6.07 Å². The lowest BCUT2D eigenvalue weighted by atomic mass is 10.1. The van der Waals surface area contributed by atoms with Crippen LogP contribution in [0.15, 0.2) is 41.5 Å². The first-order valence-electron chi connectivity index (χ1n) is 11.1. The fourth-order valence-corrected chi connectivity index (χ4v) is 4.77. The van der Waals surface area contributed by atoms with E-state index in [1.807, 2.05) is 25.1 Å². The van der Waals surface area contributed by atoms with E-state index in [2.05, 4.69) is 21.4 Å².